The number of hydrogen-bond donors (Lipinski definition) is 0. The van der Waals surface area contributed by atoms with Crippen molar-refractivity contribution in [1.82, 2.24) is 0 Å². The van der Waals surface area contributed by atoms with Crippen LogP contribution in [0.3, 0.4) is 0 Å². The third kappa shape index (κ3) is 7.77. The zero-order valence-corrected chi connectivity index (χ0v) is 17.1. The van der Waals surface area contributed by atoms with Crippen LogP contribution in [-0.4, -0.2) is 0 Å². The van der Waals surface area contributed by atoms with E-state index >= 15 is 0 Å². The van der Waals surface area contributed by atoms with E-state index < -0.39 is 0 Å². The first kappa shape index (κ1) is 20.7. The highest BCUT2D eigenvalue weighted by atomic mass is 14.0. The Bertz CT molecular complexity index is 576. The van der Waals surface area contributed by atoms with E-state index in [-0.39, 0.29) is 0 Å². The minimum Gasteiger partial charge on any atom is -0.0654 e. The average Bonchev–Trinajstić information content (AvgIpc) is 2.70. The SMILES string of the molecule is CCCCCCCCCCCCc1ccc(-c2ccc(CC)cc2)cc1. The topological polar surface area (TPSA) is 0 Å². The van der Waals surface area contributed by atoms with Gasteiger partial charge >= 0.3 is 0 Å². The van der Waals surface area contributed by atoms with Crippen LogP contribution in [0.25, 0.3) is 11.1 Å². The summed E-state index contributed by atoms with van der Waals surface area (Å²) in [7, 11) is 0. The Balaban J connectivity index is 1.60. The Morgan fingerprint density at radius 1 is 0.462 bits per heavy atom. The molecule has 0 aliphatic rings. The fourth-order valence-corrected chi connectivity index (χ4v) is 3.61. The van der Waals surface area contributed by atoms with Crippen molar-refractivity contribution >= 4 is 0 Å². The van der Waals surface area contributed by atoms with E-state index in [9.17, 15) is 0 Å². The molecule has 2 rings (SSSR count). The molecule has 0 bridgehead atoms. The largest absolute Gasteiger partial charge is 0.0654 e. The van der Waals surface area contributed by atoms with Gasteiger partial charge in [-0.15, -0.1) is 0 Å². The molecular weight excluding hydrogens is 312 g/mol. The summed E-state index contributed by atoms with van der Waals surface area (Å²) in [6.45, 7) is 4.49. The van der Waals surface area contributed by atoms with E-state index in [1.54, 1.807) is 0 Å². The number of aryl methyl sites for hydroxylation is 2. The van der Waals surface area contributed by atoms with Gasteiger partial charge in [0.1, 0.15) is 0 Å². The van der Waals surface area contributed by atoms with Crippen LogP contribution in [0.15, 0.2) is 48.5 Å². The van der Waals surface area contributed by atoms with Crippen molar-refractivity contribution in [2.45, 2.75) is 90.9 Å². The quantitative estimate of drug-likeness (QED) is 0.318. The maximum atomic E-state index is 2.32. The van der Waals surface area contributed by atoms with Gasteiger partial charge in [0.15, 0.2) is 0 Å². The number of unbranched alkanes of at least 4 members (excludes halogenated alkanes) is 9. The number of hydrogen-bond acceptors (Lipinski definition) is 0. The molecule has 0 fully saturated rings. The fourth-order valence-electron chi connectivity index (χ4n) is 3.61. The molecule has 0 saturated heterocycles. The molecular formula is C26H38. The molecule has 2 aromatic carbocycles. The second-order valence-electron chi connectivity index (χ2n) is 7.68. The second kappa shape index (κ2) is 12.7. The average molecular weight is 351 g/mol. The van der Waals surface area contributed by atoms with Crippen molar-refractivity contribution in [3.63, 3.8) is 0 Å². The van der Waals surface area contributed by atoms with Crippen LogP contribution >= 0.6 is 0 Å². The molecule has 0 saturated carbocycles. The van der Waals surface area contributed by atoms with Crippen LogP contribution in [0.4, 0.5) is 0 Å². The van der Waals surface area contributed by atoms with E-state index in [1.807, 2.05) is 0 Å². The first-order chi connectivity index (χ1) is 12.8. The molecule has 0 heteroatoms. The molecule has 0 aliphatic heterocycles. The lowest BCUT2D eigenvalue weighted by molar-refractivity contribution is 0.556. The molecule has 0 unspecified atom stereocenters. The van der Waals surface area contributed by atoms with Crippen LogP contribution in [0, 0.1) is 0 Å². The summed E-state index contributed by atoms with van der Waals surface area (Å²) >= 11 is 0. The van der Waals surface area contributed by atoms with Crippen LogP contribution < -0.4 is 0 Å². The summed E-state index contributed by atoms with van der Waals surface area (Å²) in [6.07, 6.45) is 16.4. The molecule has 0 amide bonds. The third-order valence-corrected chi connectivity index (χ3v) is 5.47. The first-order valence-electron chi connectivity index (χ1n) is 11.0. The van der Waals surface area contributed by atoms with E-state index in [1.165, 1.54) is 92.9 Å². The minimum atomic E-state index is 1.11. The van der Waals surface area contributed by atoms with Gasteiger partial charge in [0.2, 0.25) is 0 Å². The molecule has 0 spiro atoms. The Morgan fingerprint density at radius 2 is 0.885 bits per heavy atom. The predicted molar refractivity (Wildman–Crippen MR) is 117 cm³/mol. The van der Waals surface area contributed by atoms with Crippen molar-refractivity contribution in [2.75, 3.05) is 0 Å². The van der Waals surface area contributed by atoms with Gasteiger partial charge in [-0.25, -0.2) is 0 Å². The van der Waals surface area contributed by atoms with Crippen LogP contribution in [-0.2, 0) is 12.8 Å². The van der Waals surface area contributed by atoms with Gasteiger partial charge in [0.05, 0.1) is 0 Å². The molecule has 0 aliphatic carbocycles. The second-order valence-corrected chi connectivity index (χ2v) is 7.68. The molecule has 0 nitrogen and oxygen atoms in total. The zero-order valence-electron chi connectivity index (χ0n) is 17.1. The highest BCUT2D eigenvalue weighted by Gasteiger charge is 1.99. The van der Waals surface area contributed by atoms with Crippen LogP contribution in [0.2, 0.25) is 0 Å². The maximum Gasteiger partial charge on any atom is -0.0184 e. The molecule has 0 aromatic heterocycles. The van der Waals surface area contributed by atoms with Crippen molar-refractivity contribution in [3.05, 3.63) is 59.7 Å². The van der Waals surface area contributed by atoms with E-state index in [0.717, 1.165) is 6.42 Å². The molecule has 0 atom stereocenters. The number of benzene rings is 2. The Hall–Kier alpha value is -1.56. The summed E-state index contributed by atoms with van der Waals surface area (Å²) in [6, 6.07) is 18.2. The third-order valence-electron chi connectivity index (χ3n) is 5.47. The van der Waals surface area contributed by atoms with Gasteiger partial charge in [-0.2, -0.15) is 0 Å². The van der Waals surface area contributed by atoms with Gasteiger partial charge in [0, 0.05) is 0 Å². The van der Waals surface area contributed by atoms with Gasteiger partial charge in [0.25, 0.3) is 0 Å². The lowest BCUT2D eigenvalue weighted by atomic mass is 9.99. The summed E-state index contributed by atoms with van der Waals surface area (Å²) < 4.78 is 0. The van der Waals surface area contributed by atoms with Crippen molar-refractivity contribution < 1.29 is 0 Å². The summed E-state index contributed by atoms with van der Waals surface area (Å²) in [5, 5.41) is 0. The smallest absolute Gasteiger partial charge is 0.0184 e. The first-order valence-corrected chi connectivity index (χ1v) is 11.0. The summed E-state index contributed by atoms with van der Waals surface area (Å²) in [4.78, 5) is 0. The molecule has 2 aromatic rings. The van der Waals surface area contributed by atoms with Gasteiger partial charge in [-0.05, 0) is 41.5 Å². The zero-order chi connectivity index (χ0) is 18.5. The summed E-state index contributed by atoms with van der Waals surface area (Å²) in [5.41, 5.74) is 5.55. The maximum absolute atomic E-state index is 2.32. The molecule has 0 N–H and O–H groups in total. The van der Waals surface area contributed by atoms with Crippen molar-refractivity contribution in [1.29, 1.82) is 0 Å². The Morgan fingerprint density at radius 3 is 1.35 bits per heavy atom. The van der Waals surface area contributed by atoms with Crippen molar-refractivity contribution in [3.8, 4) is 11.1 Å². The lowest BCUT2D eigenvalue weighted by Gasteiger charge is -2.06. The monoisotopic (exact) mass is 350 g/mol. The van der Waals surface area contributed by atoms with Gasteiger partial charge < -0.3 is 0 Å². The molecule has 0 radical (unpaired) electrons. The Kier molecular flexibility index (Phi) is 10.2. The van der Waals surface area contributed by atoms with E-state index in [4.69, 9.17) is 0 Å². The molecule has 142 valence electrons. The predicted octanol–water partition coefficient (Wildman–Crippen LogP) is 8.38. The fraction of sp³-hybridized carbons (Fsp3) is 0.538. The van der Waals surface area contributed by atoms with E-state index in [2.05, 4.69) is 62.4 Å². The van der Waals surface area contributed by atoms with Crippen LogP contribution in [0.5, 0.6) is 0 Å². The normalized spacial score (nSPS) is 11.0. The highest BCUT2D eigenvalue weighted by Crippen LogP contribution is 2.21. The van der Waals surface area contributed by atoms with Gasteiger partial charge in [-0.1, -0.05) is 120 Å². The molecule has 0 heterocycles. The summed E-state index contributed by atoms with van der Waals surface area (Å²) in [5.74, 6) is 0. The standard InChI is InChI=1S/C26H38/c1-3-5-6-7-8-9-10-11-12-13-14-24-17-21-26(22-18-24)25-19-15-23(4-2)16-20-25/h15-22H,3-14H2,1-2H3. The highest BCUT2D eigenvalue weighted by molar-refractivity contribution is 5.63. The number of rotatable bonds is 13. The lowest BCUT2D eigenvalue weighted by Crippen LogP contribution is -1.87. The van der Waals surface area contributed by atoms with Crippen molar-refractivity contribution in [2.24, 2.45) is 0 Å². The Labute approximate surface area is 162 Å². The molecule has 26 heavy (non-hydrogen) atoms. The minimum absolute atomic E-state index is 1.11. The van der Waals surface area contributed by atoms with Gasteiger partial charge in [-0.3, -0.25) is 0 Å². The van der Waals surface area contributed by atoms with E-state index in [0.29, 0.717) is 0 Å². The van der Waals surface area contributed by atoms with Crippen LogP contribution in [0.1, 0.15) is 89.2 Å².